The van der Waals surface area contributed by atoms with Crippen LogP contribution in [0.3, 0.4) is 0 Å². The second-order valence-corrected chi connectivity index (χ2v) is 6.06. The van der Waals surface area contributed by atoms with Crippen molar-refractivity contribution in [1.29, 1.82) is 0 Å². The van der Waals surface area contributed by atoms with E-state index < -0.39 is 6.04 Å². The molecule has 0 unspecified atom stereocenters. The van der Waals surface area contributed by atoms with Crippen molar-refractivity contribution in [2.75, 3.05) is 0 Å². The van der Waals surface area contributed by atoms with Crippen LogP contribution in [0.4, 0.5) is 5.69 Å². The molecule has 0 aliphatic heterocycles. The fourth-order valence-electron chi connectivity index (χ4n) is 2.34. The molecule has 1 aliphatic carbocycles. The molecule has 1 saturated carbocycles. The summed E-state index contributed by atoms with van der Waals surface area (Å²) in [5.74, 6) is -0.431. The summed E-state index contributed by atoms with van der Waals surface area (Å²) in [4.78, 5) is 23.9. The van der Waals surface area contributed by atoms with E-state index in [-0.39, 0.29) is 28.4 Å². The van der Waals surface area contributed by atoms with E-state index in [1.54, 1.807) is 12.1 Å². The molecule has 1 aromatic carbocycles. The van der Waals surface area contributed by atoms with Crippen LogP contribution in [0.25, 0.3) is 0 Å². The quantitative estimate of drug-likeness (QED) is 0.664. The van der Waals surface area contributed by atoms with Gasteiger partial charge in [-0.25, -0.2) is 0 Å². The van der Waals surface area contributed by atoms with E-state index >= 15 is 0 Å². The number of aryl methyl sites for hydroxylation is 1. The minimum absolute atomic E-state index is 0.0182. The fraction of sp³-hybridized carbons (Fsp3) is 0.467. The molecular weight excluding hydrogens is 256 g/mol. The van der Waals surface area contributed by atoms with Crippen molar-refractivity contribution >= 4 is 17.3 Å². The number of carbonyl (C=O) groups is 2. The highest BCUT2D eigenvalue weighted by Gasteiger charge is 2.39. The summed E-state index contributed by atoms with van der Waals surface area (Å²) in [5, 5.41) is 17.4. The molecule has 0 atom stereocenters. The number of benzene rings is 1. The van der Waals surface area contributed by atoms with Gasteiger partial charge in [0.15, 0.2) is 17.6 Å². The van der Waals surface area contributed by atoms with Crippen LogP contribution in [0.2, 0.25) is 0 Å². The molecule has 0 bridgehead atoms. The number of phenols is 1. The maximum absolute atomic E-state index is 12.0. The van der Waals surface area contributed by atoms with Crippen molar-refractivity contribution in [3.8, 4) is 5.75 Å². The van der Waals surface area contributed by atoms with Gasteiger partial charge >= 0.3 is 0 Å². The summed E-state index contributed by atoms with van der Waals surface area (Å²) in [7, 11) is 0. The lowest BCUT2D eigenvalue weighted by molar-refractivity contribution is -0.135. The van der Waals surface area contributed by atoms with E-state index in [2.05, 4.69) is 10.2 Å². The van der Waals surface area contributed by atoms with Gasteiger partial charge in [-0.2, -0.15) is 10.2 Å². The molecule has 106 valence electrons. The van der Waals surface area contributed by atoms with Crippen LogP contribution in [0.15, 0.2) is 28.4 Å². The number of hydrogen-bond donors (Lipinski definition) is 1. The van der Waals surface area contributed by atoms with Crippen molar-refractivity contribution < 1.29 is 14.7 Å². The number of Topliss-reactive ketones (excluding diaryl/α,β-unsaturated/α-hetero) is 2. The number of hydrogen-bond acceptors (Lipinski definition) is 5. The Balaban J connectivity index is 2.21. The second-order valence-electron chi connectivity index (χ2n) is 6.06. The average Bonchev–Trinajstić information content (AvgIpc) is 2.30. The smallest absolute Gasteiger partial charge is 0.187 e. The normalized spacial score (nSPS) is 19.8. The van der Waals surface area contributed by atoms with Gasteiger partial charge in [0.2, 0.25) is 0 Å². The molecule has 20 heavy (non-hydrogen) atoms. The fourth-order valence-corrected chi connectivity index (χ4v) is 2.34. The third kappa shape index (κ3) is 3.10. The molecular formula is C15H18N2O3. The first kappa shape index (κ1) is 14.4. The largest absolute Gasteiger partial charge is 0.506 e. The van der Waals surface area contributed by atoms with Crippen LogP contribution in [0, 0.1) is 12.3 Å². The standard InChI is InChI=1S/C15H18N2O3/c1-9-4-5-11(18)10(6-9)16-17-14-12(19)7-15(2,3)8-13(14)20/h4-6,14,18H,7-8H2,1-3H3. The summed E-state index contributed by atoms with van der Waals surface area (Å²) in [6.45, 7) is 5.64. The van der Waals surface area contributed by atoms with Crippen LogP contribution in [-0.2, 0) is 9.59 Å². The zero-order valence-electron chi connectivity index (χ0n) is 11.9. The second kappa shape index (κ2) is 5.15. The van der Waals surface area contributed by atoms with Gasteiger partial charge in [-0.3, -0.25) is 9.59 Å². The van der Waals surface area contributed by atoms with Crippen LogP contribution in [-0.4, -0.2) is 22.7 Å². The maximum Gasteiger partial charge on any atom is 0.187 e. The first-order valence-corrected chi connectivity index (χ1v) is 6.54. The van der Waals surface area contributed by atoms with E-state index in [1.807, 2.05) is 20.8 Å². The Kier molecular flexibility index (Phi) is 3.70. The van der Waals surface area contributed by atoms with Gasteiger partial charge in [0, 0.05) is 12.8 Å². The molecule has 1 aliphatic rings. The van der Waals surface area contributed by atoms with Gasteiger partial charge in [-0.1, -0.05) is 19.9 Å². The van der Waals surface area contributed by atoms with Gasteiger partial charge in [0.25, 0.3) is 0 Å². The number of phenolic OH excluding ortho intramolecular Hbond substituents is 1. The van der Waals surface area contributed by atoms with Gasteiger partial charge in [-0.15, -0.1) is 0 Å². The SMILES string of the molecule is Cc1ccc(O)c(N=NC2C(=O)CC(C)(C)CC2=O)c1. The number of rotatable bonds is 2. The van der Waals surface area contributed by atoms with Crippen molar-refractivity contribution in [1.82, 2.24) is 0 Å². The Morgan fingerprint density at radius 3 is 2.40 bits per heavy atom. The summed E-state index contributed by atoms with van der Waals surface area (Å²) in [6, 6.07) is 3.88. The zero-order chi connectivity index (χ0) is 14.9. The van der Waals surface area contributed by atoms with Crippen LogP contribution < -0.4 is 0 Å². The van der Waals surface area contributed by atoms with E-state index in [4.69, 9.17) is 0 Å². The van der Waals surface area contributed by atoms with Crippen molar-refractivity contribution in [3.63, 3.8) is 0 Å². The monoisotopic (exact) mass is 274 g/mol. The number of carbonyl (C=O) groups excluding carboxylic acids is 2. The van der Waals surface area contributed by atoms with Gasteiger partial charge in [0.1, 0.15) is 11.4 Å². The Hall–Kier alpha value is -2.04. The molecule has 1 fully saturated rings. The van der Waals surface area contributed by atoms with E-state index in [1.165, 1.54) is 6.07 Å². The van der Waals surface area contributed by atoms with E-state index in [0.717, 1.165) is 5.56 Å². The number of nitrogens with zero attached hydrogens (tertiary/aromatic N) is 2. The molecule has 0 radical (unpaired) electrons. The third-order valence-electron chi connectivity index (χ3n) is 3.33. The highest BCUT2D eigenvalue weighted by atomic mass is 16.3. The first-order chi connectivity index (χ1) is 9.28. The summed E-state index contributed by atoms with van der Waals surface area (Å²) in [5.41, 5.74) is 0.890. The van der Waals surface area contributed by atoms with Crippen LogP contribution >= 0.6 is 0 Å². The Bertz CT molecular complexity index is 571. The van der Waals surface area contributed by atoms with E-state index in [9.17, 15) is 14.7 Å². The third-order valence-corrected chi connectivity index (χ3v) is 3.33. The maximum atomic E-state index is 12.0. The van der Waals surface area contributed by atoms with Gasteiger partial charge in [0.05, 0.1) is 0 Å². The molecule has 1 aromatic rings. The number of azo groups is 1. The van der Waals surface area contributed by atoms with Crippen molar-refractivity contribution in [2.45, 2.75) is 39.7 Å². The molecule has 0 spiro atoms. The topological polar surface area (TPSA) is 79.1 Å². The molecule has 1 N–H and O–H groups in total. The average molecular weight is 274 g/mol. The lowest BCUT2D eigenvalue weighted by Crippen LogP contribution is -2.40. The number of ketones is 2. The molecule has 5 nitrogen and oxygen atoms in total. The Morgan fingerprint density at radius 1 is 1.20 bits per heavy atom. The molecule has 5 heteroatoms. The predicted octanol–water partition coefficient (Wildman–Crippen LogP) is 3.11. The zero-order valence-corrected chi connectivity index (χ0v) is 11.9. The van der Waals surface area contributed by atoms with Crippen LogP contribution in [0.1, 0.15) is 32.3 Å². The first-order valence-electron chi connectivity index (χ1n) is 6.54. The van der Waals surface area contributed by atoms with Crippen molar-refractivity contribution in [2.24, 2.45) is 15.6 Å². The molecule has 0 aromatic heterocycles. The minimum Gasteiger partial charge on any atom is -0.506 e. The molecule has 0 heterocycles. The highest BCUT2D eigenvalue weighted by molar-refractivity contribution is 6.09. The minimum atomic E-state index is -1.03. The van der Waals surface area contributed by atoms with Crippen LogP contribution in [0.5, 0.6) is 5.75 Å². The summed E-state index contributed by atoms with van der Waals surface area (Å²) >= 11 is 0. The summed E-state index contributed by atoms with van der Waals surface area (Å²) < 4.78 is 0. The predicted molar refractivity (Wildman–Crippen MR) is 74.2 cm³/mol. The van der Waals surface area contributed by atoms with E-state index in [0.29, 0.717) is 12.8 Å². The molecule has 2 rings (SSSR count). The Morgan fingerprint density at radius 2 is 1.80 bits per heavy atom. The van der Waals surface area contributed by atoms with Crippen molar-refractivity contribution in [3.05, 3.63) is 23.8 Å². The highest BCUT2D eigenvalue weighted by Crippen LogP contribution is 2.33. The number of aromatic hydroxyl groups is 1. The van der Waals surface area contributed by atoms with Gasteiger partial charge in [-0.05, 0) is 30.0 Å². The van der Waals surface area contributed by atoms with Gasteiger partial charge < -0.3 is 5.11 Å². The molecule has 0 amide bonds. The molecule has 0 saturated heterocycles. The Labute approximate surface area is 117 Å². The lowest BCUT2D eigenvalue weighted by Gasteiger charge is -2.29. The summed E-state index contributed by atoms with van der Waals surface area (Å²) in [6.07, 6.45) is 0.643. The lowest BCUT2D eigenvalue weighted by atomic mass is 9.74.